The first-order chi connectivity index (χ1) is 7.10. The molecule has 2 unspecified atom stereocenters. The molecule has 0 bridgehead atoms. The quantitative estimate of drug-likeness (QED) is 0.655. The van der Waals surface area contributed by atoms with Crippen LogP contribution in [-0.4, -0.2) is 38.2 Å². The topological polar surface area (TPSA) is 64.6 Å². The van der Waals surface area contributed by atoms with Gasteiger partial charge < -0.3 is 9.47 Å². The second-order valence-corrected chi connectivity index (χ2v) is 3.13. The second kappa shape index (κ2) is 7.23. The van der Waals surface area contributed by atoms with Crippen molar-refractivity contribution in [2.75, 3.05) is 14.2 Å². The largest absolute Gasteiger partial charge is 0.468 e. The van der Waals surface area contributed by atoms with Crippen molar-refractivity contribution < 1.29 is 19.1 Å². The van der Waals surface area contributed by atoms with E-state index in [1.54, 1.807) is 0 Å². The van der Waals surface area contributed by atoms with Crippen molar-refractivity contribution in [2.24, 2.45) is 0 Å². The minimum absolute atomic E-state index is 0.361. The van der Waals surface area contributed by atoms with Crippen LogP contribution in [0.3, 0.4) is 0 Å². The number of esters is 2. The fourth-order valence-electron chi connectivity index (χ4n) is 1.23. The summed E-state index contributed by atoms with van der Waals surface area (Å²) in [4.78, 5) is 22.5. The highest BCUT2D eigenvalue weighted by atomic mass is 16.5. The van der Waals surface area contributed by atoms with Gasteiger partial charge in [0.2, 0.25) is 0 Å². The summed E-state index contributed by atoms with van der Waals surface area (Å²) in [5, 5.41) is 2.91. The average Bonchev–Trinajstić information content (AvgIpc) is 2.28. The number of hydrogen-bond donors (Lipinski definition) is 1. The second-order valence-electron chi connectivity index (χ2n) is 3.13. The molecule has 15 heavy (non-hydrogen) atoms. The molecule has 0 aromatic heterocycles. The minimum atomic E-state index is -0.459. The zero-order valence-electron chi connectivity index (χ0n) is 9.70. The Morgan fingerprint density at radius 2 is 1.33 bits per heavy atom. The maximum Gasteiger partial charge on any atom is 0.322 e. The number of nitrogens with one attached hydrogen (secondary N) is 1. The molecule has 0 fully saturated rings. The van der Waals surface area contributed by atoms with Crippen LogP contribution in [0.15, 0.2) is 0 Å². The Hall–Kier alpha value is -1.10. The summed E-state index contributed by atoms with van der Waals surface area (Å²) in [6, 6.07) is -0.918. The van der Waals surface area contributed by atoms with Gasteiger partial charge in [-0.2, -0.15) is 0 Å². The van der Waals surface area contributed by atoms with Crippen LogP contribution in [-0.2, 0) is 19.1 Å². The van der Waals surface area contributed by atoms with Gasteiger partial charge in [0.15, 0.2) is 0 Å². The van der Waals surface area contributed by atoms with E-state index in [1.807, 2.05) is 13.8 Å². The summed E-state index contributed by atoms with van der Waals surface area (Å²) >= 11 is 0. The fourth-order valence-corrected chi connectivity index (χ4v) is 1.23. The van der Waals surface area contributed by atoms with Crippen LogP contribution in [0.1, 0.15) is 26.7 Å². The number of hydrogen-bond acceptors (Lipinski definition) is 5. The van der Waals surface area contributed by atoms with Crippen molar-refractivity contribution in [1.82, 2.24) is 5.32 Å². The van der Waals surface area contributed by atoms with E-state index in [1.165, 1.54) is 14.2 Å². The smallest absolute Gasteiger partial charge is 0.322 e. The van der Waals surface area contributed by atoms with Gasteiger partial charge in [0.25, 0.3) is 0 Å². The van der Waals surface area contributed by atoms with E-state index in [-0.39, 0.29) is 11.9 Å². The predicted octanol–water partition coefficient (Wildman–Crippen LogP) is 0.479. The Labute approximate surface area is 90.1 Å². The summed E-state index contributed by atoms with van der Waals surface area (Å²) < 4.78 is 9.22. The van der Waals surface area contributed by atoms with Crippen LogP contribution in [0, 0.1) is 0 Å². The molecule has 2 atom stereocenters. The van der Waals surface area contributed by atoms with Crippen LogP contribution in [0.4, 0.5) is 0 Å². The molecule has 0 spiro atoms. The lowest BCUT2D eigenvalue weighted by molar-refractivity contribution is -0.146. The van der Waals surface area contributed by atoms with Crippen LogP contribution in [0.25, 0.3) is 0 Å². The standard InChI is InChI=1S/C10H19NO4/c1-5-7(9(12)14-3)11-8(6-2)10(13)15-4/h7-8,11H,5-6H2,1-4H3. The van der Waals surface area contributed by atoms with Gasteiger partial charge in [0.05, 0.1) is 14.2 Å². The highest BCUT2D eigenvalue weighted by Crippen LogP contribution is 2.01. The Bertz CT molecular complexity index is 195. The van der Waals surface area contributed by atoms with Gasteiger partial charge in [0, 0.05) is 0 Å². The van der Waals surface area contributed by atoms with Gasteiger partial charge in [0.1, 0.15) is 12.1 Å². The highest BCUT2D eigenvalue weighted by molar-refractivity contribution is 5.79. The molecule has 0 saturated carbocycles. The third-order valence-electron chi connectivity index (χ3n) is 2.19. The summed E-state index contributed by atoms with van der Waals surface area (Å²) in [7, 11) is 2.65. The van der Waals surface area contributed by atoms with E-state index in [4.69, 9.17) is 0 Å². The number of rotatable bonds is 6. The molecule has 0 amide bonds. The molecule has 0 aromatic carbocycles. The van der Waals surface area contributed by atoms with E-state index >= 15 is 0 Å². The highest BCUT2D eigenvalue weighted by Gasteiger charge is 2.24. The Morgan fingerprint density at radius 1 is 1.00 bits per heavy atom. The molecule has 0 radical (unpaired) electrons. The van der Waals surface area contributed by atoms with Gasteiger partial charge in [-0.3, -0.25) is 14.9 Å². The van der Waals surface area contributed by atoms with E-state index in [0.29, 0.717) is 12.8 Å². The van der Waals surface area contributed by atoms with E-state index < -0.39 is 12.1 Å². The number of carbonyl (C=O) groups excluding carboxylic acids is 2. The Kier molecular flexibility index (Phi) is 6.70. The van der Waals surface area contributed by atoms with Crippen molar-refractivity contribution in [1.29, 1.82) is 0 Å². The third-order valence-corrected chi connectivity index (χ3v) is 2.19. The van der Waals surface area contributed by atoms with Crippen LogP contribution in [0.2, 0.25) is 0 Å². The Morgan fingerprint density at radius 3 is 1.53 bits per heavy atom. The van der Waals surface area contributed by atoms with Crippen molar-refractivity contribution in [2.45, 2.75) is 38.8 Å². The van der Waals surface area contributed by atoms with E-state index in [0.717, 1.165) is 0 Å². The molecule has 0 aliphatic carbocycles. The molecule has 5 heteroatoms. The van der Waals surface area contributed by atoms with Gasteiger partial charge in [-0.1, -0.05) is 13.8 Å². The van der Waals surface area contributed by atoms with Crippen LogP contribution < -0.4 is 5.32 Å². The van der Waals surface area contributed by atoms with Gasteiger partial charge >= 0.3 is 11.9 Å². The molecule has 1 N–H and O–H groups in total. The zero-order valence-corrected chi connectivity index (χ0v) is 9.70. The maximum absolute atomic E-state index is 11.3. The van der Waals surface area contributed by atoms with Crippen LogP contribution in [0.5, 0.6) is 0 Å². The Balaban J connectivity index is 4.36. The maximum atomic E-state index is 11.3. The normalized spacial score (nSPS) is 14.1. The average molecular weight is 217 g/mol. The third kappa shape index (κ3) is 4.29. The van der Waals surface area contributed by atoms with Gasteiger partial charge in [-0.05, 0) is 12.8 Å². The van der Waals surface area contributed by atoms with Crippen molar-refractivity contribution in [3.8, 4) is 0 Å². The van der Waals surface area contributed by atoms with Crippen LogP contribution >= 0.6 is 0 Å². The van der Waals surface area contributed by atoms with E-state index in [9.17, 15) is 9.59 Å². The van der Waals surface area contributed by atoms with E-state index in [2.05, 4.69) is 14.8 Å². The summed E-state index contributed by atoms with van der Waals surface area (Å²) in [5.74, 6) is -0.722. The summed E-state index contributed by atoms with van der Waals surface area (Å²) in [5.41, 5.74) is 0. The van der Waals surface area contributed by atoms with Crippen molar-refractivity contribution >= 4 is 11.9 Å². The first-order valence-corrected chi connectivity index (χ1v) is 5.02. The summed E-state index contributed by atoms with van der Waals surface area (Å²) in [6.45, 7) is 3.69. The molecule has 0 aromatic rings. The molecule has 0 aliphatic rings. The fraction of sp³-hybridized carbons (Fsp3) is 0.800. The first-order valence-electron chi connectivity index (χ1n) is 5.02. The number of ether oxygens (including phenoxy) is 2. The van der Waals surface area contributed by atoms with Gasteiger partial charge in [-0.15, -0.1) is 0 Å². The van der Waals surface area contributed by atoms with Crippen molar-refractivity contribution in [3.05, 3.63) is 0 Å². The lowest BCUT2D eigenvalue weighted by Crippen LogP contribution is -2.47. The molecule has 5 nitrogen and oxygen atoms in total. The lowest BCUT2D eigenvalue weighted by Gasteiger charge is -2.20. The number of carbonyl (C=O) groups is 2. The monoisotopic (exact) mass is 217 g/mol. The molecule has 0 aliphatic heterocycles. The molecule has 0 saturated heterocycles. The SMILES string of the molecule is CCC(NC(CC)C(=O)OC)C(=O)OC. The molecular formula is C10H19NO4. The zero-order chi connectivity index (χ0) is 11.8. The van der Waals surface area contributed by atoms with Crippen molar-refractivity contribution in [3.63, 3.8) is 0 Å². The molecule has 0 rings (SSSR count). The molecule has 88 valence electrons. The first kappa shape index (κ1) is 13.9. The molecular weight excluding hydrogens is 198 g/mol. The van der Waals surface area contributed by atoms with Gasteiger partial charge in [-0.25, -0.2) is 0 Å². The molecule has 0 heterocycles. The summed E-state index contributed by atoms with van der Waals surface area (Å²) in [6.07, 6.45) is 1.14. The number of methoxy groups -OCH3 is 2. The lowest BCUT2D eigenvalue weighted by atomic mass is 10.1. The predicted molar refractivity (Wildman–Crippen MR) is 55.3 cm³/mol. The minimum Gasteiger partial charge on any atom is -0.468 e.